The van der Waals surface area contributed by atoms with Gasteiger partial charge in [0.1, 0.15) is 18.0 Å². The molecule has 0 saturated carbocycles. The lowest BCUT2D eigenvalue weighted by Crippen LogP contribution is -2.27. The number of nitrogens with zero attached hydrogens (tertiary/aromatic N) is 2. The number of rotatable bonds is 2. The van der Waals surface area contributed by atoms with Gasteiger partial charge in [-0.05, 0) is 18.2 Å². The van der Waals surface area contributed by atoms with Crippen molar-refractivity contribution in [2.24, 2.45) is 5.73 Å². The minimum atomic E-state index is -0.658. The van der Waals surface area contributed by atoms with E-state index in [9.17, 15) is 9.18 Å². The van der Waals surface area contributed by atoms with Crippen LogP contribution in [0.1, 0.15) is 5.56 Å². The highest BCUT2D eigenvalue weighted by molar-refractivity contribution is 5.89. The summed E-state index contributed by atoms with van der Waals surface area (Å²) in [5.41, 5.74) is 5.70. The average molecular weight is 235 g/mol. The van der Waals surface area contributed by atoms with Gasteiger partial charge in [0.05, 0.1) is 17.8 Å². The number of halogens is 1. The molecule has 1 aromatic rings. The summed E-state index contributed by atoms with van der Waals surface area (Å²) >= 11 is 0. The zero-order chi connectivity index (χ0) is 12.4. The quantitative estimate of drug-likeness (QED) is 0.828. The first-order chi connectivity index (χ1) is 8.15. The highest BCUT2D eigenvalue weighted by atomic mass is 19.1. The van der Waals surface area contributed by atoms with Crippen molar-refractivity contribution < 1.29 is 13.9 Å². The fraction of sp³-hybridized carbons (Fsp3) is 0.273. The van der Waals surface area contributed by atoms with Crippen molar-refractivity contribution >= 4 is 11.8 Å². The normalized spacial score (nSPS) is 19.0. The summed E-state index contributed by atoms with van der Waals surface area (Å²) in [6.07, 6.45) is -0.925. The Hall–Kier alpha value is -2.13. The molecule has 1 fully saturated rings. The summed E-state index contributed by atoms with van der Waals surface area (Å²) < 4.78 is 18.3. The lowest BCUT2D eigenvalue weighted by Gasteiger charge is -2.12. The molecule has 5 nitrogen and oxygen atoms in total. The summed E-state index contributed by atoms with van der Waals surface area (Å²) in [5.74, 6) is -0.658. The van der Waals surface area contributed by atoms with Crippen LogP contribution in [0.25, 0.3) is 0 Å². The van der Waals surface area contributed by atoms with E-state index in [1.165, 1.54) is 17.0 Å². The van der Waals surface area contributed by atoms with Crippen molar-refractivity contribution in [3.8, 4) is 6.07 Å². The van der Waals surface area contributed by atoms with Gasteiger partial charge in [-0.3, -0.25) is 4.90 Å². The van der Waals surface area contributed by atoms with Gasteiger partial charge in [0.15, 0.2) is 0 Å². The summed E-state index contributed by atoms with van der Waals surface area (Å²) in [4.78, 5) is 12.8. The number of hydrogen-bond acceptors (Lipinski definition) is 4. The molecule has 17 heavy (non-hydrogen) atoms. The third-order valence-corrected chi connectivity index (χ3v) is 2.52. The first-order valence-corrected chi connectivity index (χ1v) is 5.03. The van der Waals surface area contributed by atoms with Gasteiger partial charge in [-0.15, -0.1) is 0 Å². The first-order valence-electron chi connectivity index (χ1n) is 5.03. The van der Waals surface area contributed by atoms with Crippen molar-refractivity contribution in [1.82, 2.24) is 0 Å². The van der Waals surface area contributed by atoms with Crippen molar-refractivity contribution in [2.45, 2.75) is 6.10 Å². The largest absolute Gasteiger partial charge is 0.443 e. The van der Waals surface area contributed by atoms with E-state index in [0.29, 0.717) is 12.2 Å². The van der Waals surface area contributed by atoms with E-state index in [2.05, 4.69) is 0 Å². The van der Waals surface area contributed by atoms with Crippen molar-refractivity contribution in [3.63, 3.8) is 0 Å². The minimum absolute atomic E-state index is 0.0586. The van der Waals surface area contributed by atoms with E-state index >= 15 is 0 Å². The number of anilines is 1. The summed E-state index contributed by atoms with van der Waals surface area (Å²) in [6.45, 7) is 0.516. The Morgan fingerprint density at radius 1 is 1.65 bits per heavy atom. The van der Waals surface area contributed by atoms with Gasteiger partial charge in [0, 0.05) is 6.54 Å². The molecule has 0 spiro atoms. The van der Waals surface area contributed by atoms with Crippen LogP contribution in [-0.2, 0) is 4.74 Å². The molecule has 0 bridgehead atoms. The second-order valence-corrected chi connectivity index (χ2v) is 3.63. The molecule has 88 valence electrons. The Balaban J connectivity index is 2.27. The molecule has 1 aliphatic heterocycles. The zero-order valence-electron chi connectivity index (χ0n) is 8.89. The second-order valence-electron chi connectivity index (χ2n) is 3.63. The third-order valence-electron chi connectivity index (χ3n) is 2.52. The molecular formula is C11H10FN3O2. The molecular weight excluding hydrogens is 225 g/mol. The highest BCUT2D eigenvalue weighted by Crippen LogP contribution is 2.23. The smallest absolute Gasteiger partial charge is 0.414 e. The Morgan fingerprint density at radius 2 is 2.41 bits per heavy atom. The standard InChI is InChI=1S/C11H10FN3O2/c12-10-3-8(2-1-7(10)4-13)15-6-9(5-14)17-11(15)16/h1-3,9H,5-6,14H2. The van der Waals surface area contributed by atoms with Crippen LogP contribution < -0.4 is 10.6 Å². The van der Waals surface area contributed by atoms with Crippen LogP contribution in [-0.4, -0.2) is 25.3 Å². The number of hydrogen-bond donors (Lipinski definition) is 1. The Bertz CT molecular complexity index is 498. The van der Waals surface area contributed by atoms with Crippen LogP contribution in [0.3, 0.4) is 0 Å². The van der Waals surface area contributed by atoms with E-state index in [4.69, 9.17) is 15.7 Å². The van der Waals surface area contributed by atoms with Gasteiger partial charge in [-0.1, -0.05) is 0 Å². The predicted octanol–water partition coefficient (Wildman–Crippen LogP) is 0.981. The van der Waals surface area contributed by atoms with Crippen LogP contribution in [0, 0.1) is 17.1 Å². The molecule has 1 unspecified atom stereocenters. The fourth-order valence-electron chi connectivity index (χ4n) is 1.62. The van der Waals surface area contributed by atoms with E-state index in [0.717, 1.165) is 6.07 Å². The minimum Gasteiger partial charge on any atom is -0.443 e. The molecule has 1 saturated heterocycles. The predicted molar refractivity (Wildman–Crippen MR) is 57.8 cm³/mol. The van der Waals surface area contributed by atoms with Crippen molar-refractivity contribution in [2.75, 3.05) is 18.0 Å². The zero-order valence-corrected chi connectivity index (χ0v) is 8.89. The number of ether oxygens (including phenoxy) is 1. The molecule has 1 heterocycles. The molecule has 1 amide bonds. The maximum Gasteiger partial charge on any atom is 0.414 e. The molecule has 1 aromatic carbocycles. The summed E-state index contributed by atoms with van der Waals surface area (Å²) in [6, 6.07) is 5.68. The van der Waals surface area contributed by atoms with Gasteiger partial charge in [-0.25, -0.2) is 9.18 Å². The number of nitrogens with two attached hydrogens (primary N) is 1. The molecule has 6 heteroatoms. The van der Waals surface area contributed by atoms with Crippen LogP contribution >= 0.6 is 0 Å². The number of carbonyl (C=O) groups excluding carboxylic acids is 1. The molecule has 2 rings (SSSR count). The van der Waals surface area contributed by atoms with E-state index < -0.39 is 11.9 Å². The first kappa shape index (κ1) is 11.4. The number of carbonyl (C=O) groups is 1. The highest BCUT2D eigenvalue weighted by Gasteiger charge is 2.31. The van der Waals surface area contributed by atoms with Gasteiger partial charge in [0.25, 0.3) is 0 Å². The third kappa shape index (κ3) is 2.05. The van der Waals surface area contributed by atoms with Crippen molar-refractivity contribution in [3.05, 3.63) is 29.6 Å². The Morgan fingerprint density at radius 3 is 2.94 bits per heavy atom. The van der Waals surface area contributed by atoms with Gasteiger partial charge < -0.3 is 10.5 Å². The van der Waals surface area contributed by atoms with Crippen LogP contribution in [0.2, 0.25) is 0 Å². The summed E-state index contributed by atoms with van der Waals surface area (Å²) in [7, 11) is 0. The van der Waals surface area contributed by atoms with Crippen LogP contribution in [0.5, 0.6) is 0 Å². The van der Waals surface area contributed by atoms with E-state index in [1.54, 1.807) is 6.07 Å². The molecule has 0 aromatic heterocycles. The van der Waals surface area contributed by atoms with E-state index in [1.807, 2.05) is 0 Å². The topological polar surface area (TPSA) is 79.3 Å². The molecule has 1 aliphatic rings. The average Bonchev–Trinajstić information content (AvgIpc) is 2.70. The van der Waals surface area contributed by atoms with Crippen molar-refractivity contribution in [1.29, 1.82) is 5.26 Å². The maximum atomic E-state index is 13.4. The Labute approximate surface area is 97.2 Å². The SMILES string of the molecule is N#Cc1ccc(N2CC(CN)OC2=O)cc1F. The molecule has 2 N–H and O–H groups in total. The monoisotopic (exact) mass is 235 g/mol. The van der Waals surface area contributed by atoms with E-state index in [-0.39, 0.29) is 18.2 Å². The number of nitriles is 1. The lowest BCUT2D eigenvalue weighted by atomic mass is 10.2. The number of amides is 1. The second kappa shape index (κ2) is 4.39. The number of cyclic esters (lactones) is 1. The molecule has 1 atom stereocenters. The lowest BCUT2D eigenvalue weighted by molar-refractivity contribution is 0.145. The molecule has 0 aliphatic carbocycles. The van der Waals surface area contributed by atoms with Gasteiger partial charge in [-0.2, -0.15) is 5.26 Å². The van der Waals surface area contributed by atoms with Gasteiger partial charge in [0.2, 0.25) is 0 Å². The van der Waals surface area contributed by atoms with Crippen LogP contribution in [0.4, 0.5) is 14.9 Å². The fourth-order valence-corrected chi connectivity index (χ4v) is 1.62. The Kier molecular flexibility index (Phi) is 2.93. The summed E-state index contributed by atoms with van der Waals surface area (Å²) in [5, 5.41) is 8.59. The molecule has 0 radical (unpaired) electrons. The number of benzene rings is 1. The van der Waals surface area contributed by atoms with Gasteiger partial charge >= 0.3 is 6.09 Å². The van der Waals surface area contributed by atoms with Crippen LogP contribution in [0.15, 0.2) is 18.2 Å². The maximum absolute atomic E-state index is 13.4.